The van der Waals surface area contributed by atoms with E-state index in [1.807, 2.05) is 60.7 Å². The van der Waals surface area contributed by atoms with Gasteiger partial charge in [0, 0.05) is 4.90 Å². The van der Waals surface area contributed by atoms with Crippen LogP contribution in [-0.4, -0.2) is 23.1 Å². The van der Waals surface area contributed by atoms with Gasteiger partial charge in [-0.3, -0.25) is 4.21 Å². The van der Waals surface area contributed by atoms with Crippen LogP contribution in [0, 0.1) is 11.5 Å². The fourth-order valence-electron chi connectivity index (χ4n) is 2.04. The molecule has 0 heterocycles. The molecule has 2 aromatic rings. The highest BCUT2D eigenvalue weighted by molar-refractivity contribution is 7.85. The summed E-state index contributed by atoms with van der Waals surface area (Å²) in [5, 5.41) is 11.1. The summed E-state index contributed by atoms with van der Waals surface area (Å²) < 4.78 is 12.7. The number of rotatable bonds is 4. The van der Waals surface area contributed by atoms with Gasteiger partial charge in [0.25, 0.3) is 0 Å². The standard InChI is InChI=1S/C19H22O2SSi/c1-23(2,3)15-14-19(20,17-10-6-4-7-11-17)16-22(21)18-12-8-5-9-13-18/h4-13,20H,16H2,1-3H3. The van der Waals surface area contributed by atoms with Gasteiger partial charge in [0.05, 0.1) is 16.6 Å². The van der Waals surface area contributed by atoms with Gasteiger partial charge >= 0.3 is 0 Å². The molecule has 23 heavy (non-hydrogen) atoms. The predicted molar refractivity (Wildman–Crippen MR) is 99.2 cm³/mol. The Bertz CT molecular complexity index is 727. The molecule has 1 N–H and O–H groups in total. The topological polar surface area (TPSA) is 37.3 Å². The van der Waals surface area contributed by atoms with Crippen molar-refractivity contribution >= 4 is 18.9 Å². The molecule has 120 valence electrons. The molecular weight excluding hydrogens is 320 g/mol. The maximum atomic E-state index is 12.7. The van der Waals surface area contributed by atoms with Gasteiger partial charge in [0.2, 0.25) is 0 Å². The van der Waals surface area contributed by atoms with Crippen molar-refractivity contribution in [1.82, 2.24) is 0 Å². The highest BCUT2D eigenvalue weighted by atomic mass is 32.2. The summed E-state index contributed by atoms with van der Waals surface area (Å²) in [7, 11) is -2.97. The van der Waals surface area contributed by atoms with Crippen molar-refractivity contribution in [1.29, 1.82) is 0 Å². The number of aliphatic hydroxyl groups is 1. The summed E-state index contributed by atoms with van der Waals surface area (Å²) >= 11 is 0. The SMILES string of the molecule is C[Si](C)(C)C#CC(O)(CS(=O)c1ccccc1)c1ccccc1. The van der Waals surface area contributed by atoms with Crippen LogP contribution in [0.1, 0.15) is 5.56 Å². The van der Waals surface area contributed by atoms with Crippen LogP contribution in [0.4, 0.5) is 0 Å². The van der Waals surface area contributed by atoms with E-state index in [1.54, 1.807) is 0 Å². The summed E-state index contributed by atoms with van der Waals surface area (Å²) in [4.78, 5) is 0.705. The van der Waals surface area contributed by atoms with Gasteiger partial charge in [-0.25, -0.2) is 0 Å². The molecular formula is C19H22O2SSi. The van der Waals surface area contributed by atoms with Crippen molar-refractivity contribution in [2.24, 2.45) is 0 Å². The maximum Gasteiger partial charge on any atom is 0.162 e. The van der Waals surface area contributed by atoms with Crippen LogP contribution < -0.4 is 0 Å². The van der Waals surface area contributed by atoms with Crippen molar-refractivity contribution in [3.05, 3.63) is 66.2 Å². The smallest absolute Gasteiger partial charge is 0.162 e. The first-order valence-electron chi connectivity index (χ1n) is 7.56. The Morgan fingerprint density at radius 3 is 2.04 bits per heavy atom. The Hall–Kier alpha value is -1.67. The molecule has 0 aliphatic carbocycles. The van der Waals surface area contributed by atoms with Crippen LogP contribution in [0.25, 0.3) is 0 Å². The average Bonchev–Trinajstić information content (AvgIpc) is 2.54. The lowest BCUT2D eigenvalue weighted by Crippen LogP contribution is -2.32. The first kappa shape index (κ1) is 17.7. The van der Waals surface area contributed by atoms with E-state index in [2.05, 4.69) is 31.1 Å². The molecule has 0 aromatic heterocycles. The summed E-state index contributed by atoms with van der Waals surface area (Å²) in [5.74, 6) is 3.10. The minimum absolute atomic E-state index is 0.0680. The van der Waals surface area contributed by atoms with Gasteiger partial charge in [-0.2, -0.15) is 0 Å². The normalized spacial score (nSPS) is 15.1. The minimum Gasteiger partial charge on any atom is -0.372 e. The van der Waals surface area contributed by atoms with E-state index < -0.39 is 24.5 Å². The second kappa shape index (κ2) is 7.27. The number of hydrogen-bond donors (Lipinski definition) is 1. The third-order valence-corrected chi connectivity index (χ3v) is 5.59. The van der Waals surface area contributed by atoms with Crippen molar-refractivity contribution in [3.8, 4) is 11.5 Å². The Labute approximate surface area is 142 Å². The largest absolute Gasteiger partial charge is 0.372 e. The van der Waals surface area contributed by atoms with E-state index in [4.69, 9.17) is 0 Å². The van der Waals surface area contributed by atoms with E-state index in [9.17, 15) is 9.32 Å². The Morgan fingerprint density at radius 2 is 1.52 bits per heavy atom. The van der Waals surface area contributed by atoms with Crippen LogP contribution in [-0.2, 0) is 16.4 Å². The van der Waals surface area contributed by atoms with Crippen molar-refractivity contribution in [2.45, 2.75) is 30.1 Å². The molecule has 2 rings (SSSR count). The minimum atomic E-state index is -1.65. The van der Waals surface area contributed by atoms with Gasteiger partial charge in [-0.1, -0.05) is 74.1 Å². The molecule has 2 nitrogen and oxygen atoms in total. The molecule has 0 amide bonds. The fraction of sp³-hybridized carbons (Fsp3) is 0.263. The van der Waals surface area contributed by atoms with Crippen LogP contribution in [0.15, 0.2) is 65.6 Å². The third kappa shape index (κ3) is 5.17. The Kier molecular flexibility index (Phi) is 5.58. The summed E-state index contributed by atoms with van der Waals surface area (Å²) in [6.07, 6.45) is 0. The molecule has 0 saturated carbocycles. The van der Waals surface area contributed by atoms with Crippen LogP contribution in [0.5, 0.6) is 0 Å². The Morgan fingerprint density at radius 1 is 1.00 bits per heavy atom. The molecule has 2 atom stereocenters. The van der Waals surface area contributed by atoms with Crippen molar-refractivity contribution < 1.29 is 9.32 Å². The molecule has 0 aliphatic heterocycles. The zero-order chi connectivity index (χ0) is 16.9. The molecule has 0 spiro atoms. The van der Waals surface area contributed by atoms with Crippen molar-refractivity contribution in [3.63, 3.8) is 0 Å². The second-order valence-corrected chi connectivity index (χ2v) is 12.7. The summed E-state index contributed by atoms with van der Waals surface area (Å²) in [5.41, 5.74) is 2.51. The molecule has 0 radical (unpaired) electrons. The van der Waals surface area contributed by atoms with Crippen LogP contribution in [0.2, 0.25) is 19.6 Å². The van der Waals surface area contributed by atoms with E-state index in [-0.39, 0.29) is 5.75 Å². The highest BCUT2D eigenvalue weighted by Gasteiger charge is 2.30. The highest BCUT2D eigenvalue weighted by Crippen LogP contribution is 2.24. The fourth-order valence-corrected chi connectivity index (χ4v) is 3.87. The monoisotopic (exact) mass is 342 g/mol. The third-order valence-electron chi connectivity index (χ3n) is 3.24. The van der Waals surface area contributed by atoms with Crippen LogP contribution >= 0.6 is 0 Å². The lowest BCUT2D eigenvalue weighted by atomic mass is 9.97. The molecule has 0 bridgehead atoms. The van der Waals surface area contributed by atoms with E-state index in [0.29, 0.717) is 10.5 Å². The quantitative estimate of drug-likeness (QED) is 0.681. The van der Waals surface area contributed by atoms with Crippen molar-refractivity contribution in [2.75, 3.05) is 5.75 Å². The van der Waals surface area contributed by atoms with Gasteiger partial charge in [0.15, 0.2) is 5.60 Å². The van der Waals surface area contributed by atoms with Gasteiger partial charge in [0.1, 0.15) is 8.07 Å². The lowest BCUT2D eigenvalue weighted by molar-refractivity contribution is 0.126. The Balaban J connectivity index is 2.38. The van der Waals surface area contributed by atoms with Gasteiger partial charge < -0.3 is 5.11 Å². The van der Waals surface area contributed by atoms with E-state index in [1.165, 1.54) is 0 Å². The molecule has 0 fully saturated rings. The first-order chi connectivity index (χ1) is 10.8. The van der Waals surface area contributed by atoms with Crippen LogP contribution in [0.3, 0.4) is 0 Å². The number of benzene rings is 2. The molecule has 0 aliphatic rings. The van der Waals surface area contributed by atoms with Gasteiger partial charge in [-0.15, -0.1) is 5.54 Å². The molecule has 0 saturated heterocycles. The average molecular weight is 343 g/mol. The van der Waals surface area contributed by atoms with E-state index in [0.717, 1.165) is 0 Å². The van der Waals surface area contributed by atoms with Gasteiger partial charge in [-0.05, 0) is 17.7 Å². The zero-order valence-electron chi connectivity index (χ0n) is 13.7. The summed E-state index contributed by atoms with van der Waals surface area (Å²) in [6.45, 7) is 6.37. The molecule has 4 heteroatoms. The zero-order valence-corrected chi connectivity index (χ0v) is 15.6. The second-order valence-electron chi connectivity index (χ2n) is 6.53. The predicted octanol–water partition coefficient (Wildman–Crippen LogP) is 3.56. The molecule has 2 unspecified atom stereocenters. The van der Waals surface area contributed by atoms with E-state index >= 15 is 0 Å². The first-order valence-corrected chi connectivity index (χ1v) is 12.4. The maximum absolute atomic E-state index is 12.7. The number of hydrogen-bond acceptors (Lipinski definition) is 2. The summed E-state index contributed by atoms with van der Waals surface area (Å²) in [6, 6.07) is 18.5. The lowest BCUT2D eigenvalue weighted by Gasteiger charge is -2.23. The molecule has 2 aromatic carbocycles.